The predicted molar refractivity (Wildman–Crippen MR) is 84.9 cm³/mol. The fraction of sp³-hybridized carbons (Fsp3) is 0.333. The zero-order chi connectivity index (χ0) is 14.2. The molecule has 0 aliphatic carbocycles. The van der Waals surface area contributed by atoms with E-state index in [1.165, 1.54) is 22.4 Å². The van der Waals surface area contributed by atoms with E-state index in [1.54, 1.807) is 0 Å². The molecule has 2 aromatic carbocycles. The zero-order valence-corrected chi connectivity index (χ0v) is 12.1. The Morgan fingerprint density at radius 2 is 2.00 bits per heavy atom. The summed E-state index contributed by atoms with van der Waals surface area (Å²) in [7, 11) is 0. The van der Waals surface area contributed by atoms with Crippen LogP contribution in [0.3, 0.4) is 0 Å². The first-order chi connectivity index (χ1) is 10.4. The van der Waals surface area contributed by atoms with E-state index in [0.29, 0.717) is 6.54 Å². The van der Waals surface area contributed by atoms with Crippen molar-refractivity contribution < 1.29 is 4.74 Å². The molecule has 2 aliphatic rings. The maximum Gasteiger partial charge on any atom is 0.122 e. The molecule has 0 aromatic heterocycles. The van der Waals surface area contributed by atoms with Crippen molar-refractivity contribution in [2.75, 3.05) is 24.6 Å². The van der Waals surface area contributed by atoms with Crippen molar-refractivity contribution in [1.29, 1.82) is 0 Å². The lowest BCUT2D eigenvalue weighted by Gasteiger charge is -2.30. The van der Waals surface area contributed by atoms with E-state index >= 15 is 0 Å². The lowest BCUT2D eigenvalue weighted by molar-refractivity contribution is 0.357. The van der Waals surface area contributed by atoms with Crippen LogP contribution in [0.15, 0.2) is 42.5 Å². The highest BCUT2D eigenvalue weighted by atomic mass is 16.5. The second kappa shape index (κ2) is 5.08. The summed E-state index contributed by atoms with van der Waals surface area (Å²) in [5.41, 5.74) is 11.5. The average Bonchev–Trinajstić information content (AvgIpc) is 3.15. The average molecular weight is 280 g/mol. The van der Waals surface area contributed by atoms with Crippen molar-refractivity contribution in [2.24, 2.45) is 5.73 Å². The van der Waals surface area contributed by atoms with Gasteiger partial charge in [-0.1, -0.05) is 24.3 Å². The number of fused-ring (bicyclic) bond motifs is 2. The number of rotatable bonds is 3. The summed E-state index contributed by atoms with van der Waals surface area (Å²) in [6.45, 7) is 2.49. The molecule has 2 aliphatic heterocycles. The van der Waals surface area contributed by atoms with E-state index in [9.17, 15) is 0 Å². The summed E-state index contributed by atoms with van der Waals surface area (Å²) < 4.78 is 5.60. The molecule has 0 saturated carbocycles. The van der Waals surface area contributed by atoms with Crippen LogP contribution in [0.4, 0.5) is 5.69 Å². The predicted octanol–water partition coefficient (Wildman–Crippen LogP) is 2.68. The van der Waals surface area contributed by atoms with Crippen LogP contribution in [0, 0.1) is 0 Å². The van der Waals surface area contributed by atoms with Gasteiger partial charge in [0.1, 0.15) is 5.75 Å². The standard InChI is InChI=1S/C18H20N2O/c19-12-17(14-5-6-18-15(11-14)8-10-21-18)20-9-7-13-3-1-2-4-16(13)20/h1-6,11,17H,7-10,12,19H2. The summed E-state index contributed by atoms with van der Waals surface area (Å²) >= 11 is 0. The van der Waals surface area contributed by atoms with Gasteiger partial charge in [0.25, 0.3) is 0 Å². The molecule has 0 fully saturated rings. The Balaban J connectivity index is 1.70. The van der Waals surface area contributed by atoms with Crippen molar-refractivity contribution in [1.82, 2.24) is 0 Å². The number of hydrogen-bond donors (Lipinski definition) is 1. The Hall–Kier alpha value is -2.00. The first kappa shape index (κ1) is 12.7. The number of anilines is 1. The lowest BCUT2D eigenvalue weighted by Crippen LogP contribution is -2.32. The summed E-state index contributed by atoms with van der Waals surface area (Å²) in [4.78, 5) is 2.45. The van der Waals surface area contributed by atoms with Crippen LogP contribution in [0.2, 0.25) is 0 Å². The van der Waals surface area contributed by atoms with Crippen LogP contribution in [-0.4, -0.2) is 19.7 Å². The summed E-state index contributed by atoms with van der Waals surface area (Å²) in [6, 6.07) is 15.5. The van der Waals surface area contributed by atoms with E-state index in [2.05, 4.69) is 47.4 Å². The number of nitrogens with two attached hydrogens (primary N) is 1. The molecule has 1 atom stereocenters. The summed E-state index contributed by atoms with van der Waals surface area (Å²) in [6.07, 6.45) is 2.12. The third-order valence-corrected chi connectivity index (χ3v) is 4.62. The molecular weight excluding hydrogens is 260 g/mol. The maximum absolute atomic E-state index is 6.11. The highest BCUT2D eigenvalue weighted by molar-refractivity contribution is 5.60. The van der Waals surface area contributed by atoms with Gasteiger partial charge >= 0.3 is 0 Å². The molecule has 0 amide bonds. The molecule has 3 heteroatoms. The maximum atomic E-state index is 6.11. The number of benzene rings is 2. The number of hydrogen-bond acceptors (Lipinski definition) is 3. The number of ether oxygens (including phenoxy) is 1. The molecular formula is C18H20N2O. The number of nitrogens with zero attached hydrogens (tertiary/aromatic N) is 1. The third-order valence-electron chi connectivity index (χ3n) is 4.62. The molecule has 108 valence electrons. The molecule has 0 bridgehead atoms. The fourth-order valence-electron chi connectivity index (χ4n) is 3.54. The van der Waals surface area contributed by atoms with E-state index in [1.807, 2.05) is 0 Å². The van der Waals surface area contributed by atoms with Crippen LogP contribution < -0.4 is 15.4 Å². The highest BCUT2D eigenvalue weighted by Crippen LogP contribution is 2.36. The van der Waals surface area contributed by atoms with Gasteiger partial charge in [-0.05, 0) is 41.3 Å². The van der Waals surface area contributed by atoms with Gasteiger partial charge < -0.3 is 15.4 Å². The molecule has 0 radical (unpaired) electrons. The van der Waals surface area contributed by atoms with Crippen LogP contribution in [0.1, 0.15) is 22.7 Å². The van der Waals surface area contributed by atoms with E-state index in [4.69, 9.17) is 10.5 Å². The SMILES string of the molecule is NCC(c1ccc2c(c1)CCO2)N1CCc2ccccc21. The van der Waals surface area contributed by atoms with Crippen LogP contribution in [0.25, 0.3) is 0 Å². The molecule has 0 saturated heterocycles. The van der Waals surface area contributed by atoms with Crippen molar-refractivity contribution in [3.63, 3.8) is 0 Å². The minimum atomic E-state index is 0.250. The van der Waals surface area contributed by atoms with Gasteiger partial charge in [0.05, 0.1) is 12.6 Å². The van der Waals surface area contributed by atoms with Gasteiger partial charge in [-0.15, -0.1) is 0 Å². The van der Waals surface area contributed by atoms with E-state index < -0.39 is 0 Å². The van der Waals surface area contributed by atoms with Gasteiger partial charge in [-0.3, -0.25) is 0 Å². The fourth-order valence-corrected chi connectivity index (χ4v) is 3.54. The van der Waals surface area contributed by atoms with Crippen molar-refractivity contribution in [3.8, 4) is 5.75 Å². The normalized spacial score (nSPS) is 17.3. The van der Waals surface area contributed by atoms with Crippen molar-refractivity contribution in [2.45, 2.75) is 18.9 Å². The minimum absolute atomic E-state index is 0.250. The quantitative estimate of drug-likeness (QED) is 0.939. The largest absolute Gasteiger partial charge is 0.493 e. The molecule has 1 unspecified atom stereocenters. The third kappa shape index (κ3) is 2.09. The van der Waals surface area contributed by atoms with Gasteiger partial charge in [-0.2, -0.15) is 0 Å². The van der Waals surface area contributed by atoms with E-state index in [0.717, 1.165) is 31.7 Å². The Kier molecular flexibility index (Phi) is 3.08. The molecule has 0 spiro atoms. The van der Waals surface area contributed by atoms with Gasteiger partial charge in [0.15, 0.2) is 0 Å². The molecule has 2 heterocycles. The molecule has 2 aromatic rings. The topological polar surface area (TPSA) is 38.5 Å². The minimum Gasteiger partial charge on any atom is -0.493 e. The first-order valence-corrected chi connectivity index (χ1v) is 7.67. The highest BCUT2D eigenvalue weighted by Gasteiger charge is 2.27. The Morgan fingerprint density at radius 3 is 2.90 bits per heavy atom. The second-order valence-corrected chi connectivity index (χ2v) is 5.79. The molecule has 2 N–H and O–H groups in total. The van der Waals surface area contributed by atoms with Crippen molar-refractivity contribution in [3.05, 3.63) is 59.2 Å². The monoisotopic (exact) mass is 280 g/mol. The lowest BCUT2D eigenvalue weighted by atomic mass is 10.0. The van der Waals surface area contributed by atoms with Gasteiger partial charge in [0, 0.05) is 25.2 Å². The molecule has 4 rings (SSSR count). The molecule has 3 nitrogen and oxygen atoms in total. The van der Waals surface area contributed by atoms with Crippen LogP contribution in [0.5, 0.6) is 5.75 Å². The van der Waals surface area contributed by atoms with Gasteiger partial charge in [0.2, 0.25) is 0 Å². The van der Waals surface area contributed by atoms with Crippen molar-refractivity contribution >= 4 is 5.69 Å². The first-order valence-electron chi connectivity index (χ1n) is 7.67. The Labute approximate surface area is 125 Å². The molecule has 21 heavy (non-hydrogen) atoms. The zero-order valence-electron chi connectivity index (χ0n) is 12.1. The smallest absolute Gasteiger partial charge is 0.122 e. The van der Waals surface area contributed by atoms with E-state index in [-0.39, 0.29) is 6.04 Å². The van der Waals surface area contributed by atoms with Crippen LogP contribution >= 0.6 is 0 Å². The van der Waals surface area contributed by atoms with Crippen LogP contribution in [-0.2, 0) is 12.8 Å². The van der Waals surface area contributed by atoms with Gasteiger partial charge in [-0.25, -0.2) is 0 Å². The Morgan fingerprint density at radius 1 is 1.10 bits per heavy atom. The second-order valence-electron chi connectivity index (χ2n) is 5.79. The summed E-state index contributed by atoms with van der Waals surface area (Å²) in [5.74, 6) is 1.04. The number of para-hydroxylation sites is 1. The Bertz CT molecular complexity index is 668. The summed E-state index contributed by atoms with van der Waals surface area (Å²) in [5, 5.41) is 0.